The Morgan fingerprint density at radius 1 is 0.926 bits per heavy atom. The van der Waals surface area contributed by atoms with Gasteiger partial charge in [-0.3, -0.25) is 4.79 Å². The number of hydrogen-bond acceptors (Lipinski definition) is 3. The highest BCUT2D eigenvalue weighted by atomic mass is 16.5. The Bertz CT molecular complexity index is 769. The van der Waals surface area contributed by atoms with Gasteiger partial charge in [0, 0.05) is 11.3 Å². The minimum absolute atomic E-state index is 0.0502. The number of amides is 1. The van der Waals surface area contributed by atoms with Crippen molar-refractivity contribution in [3.63, 3.8) is 0 Å². The standard InChI is InChI=1S/C23H29NO3/c1-16(2)14-15-27-22(26)18-8-12-20(13-9-18)24-21(25)17-6-10-19(11-7-17)23(3,4)5/h6-13,16H,14-15H2,1-5H3,(H,24,25). The number of carbonyl (C=O) groups is 2. The molecule has 0 heterocycles. The molecule has 0 aromatic heterocycles. The third-order valence-electron chi connectivity index (χ3n) is 4.32. The Labute approximate surface area is 161 Å². The van der Waals surface area contributed by atoms with Gasteiger partial charge >= 0.3 is 5.97 Å². The molecule has 0 radical (unpaired) electrons. The Morgan fingerprint density at radius 2 is 1.48 bits per heavy atom. The number of anilines is 1. The summed E-state index contributed by atoms with van der Waals surface area (Å²) in [6.45, 7) is 11.0. The number of carbonyl (C=O) groups excluding carboxylic acids is 2. The van der Waals surface area contributed by atoms with Crippen LogP contribution in [0.4, 0.5) is 5.69 Å². The van der Waals surface area contributed by atoms with Crippen LogP contribution in [-0.4, -0.2) is 18.5 Å². The number of benzene rings is 2. The van der Waals surface area contributed by atoms with Crippen molar-refractivity contribution in [3.05, 3.63) is 65.2 Å². The van der Waals surface area contributed by atoms with Crippen LogP contribution in [0, 0.1) is 5.92 Å². The summed E-state index contributed by atoms with van der Waals surface area (Å²) in [6, 6.07) is 14.4. The molecule has 2 rings (SSSR count). The molecule has 1 amide bonds. The van der Waals surface area contributed by atoms with Crippen LogP contribution >= 0.6 is 0 Å². The average Bonchev–Trinajstić information content (AvgIpc) is 2.61. The van der Waals surface area contributed by atoms with Gasteiger partial charge in [-0.15, -0.1) is 0 Å². The monoisotopic (exact) mass is 367 g/mol. The lowest BCUT2D eigenvalue weighted by Gasteiger charge is -2.19. The number of hydrogen-bond donors (Lipinski definition) is 1. The average molecular weight is 367 g/mol. The van der Waals surface area contributed by atoms with Gasteiger partial charge in [0.15, 0.2) is 0 Å². The number of rotatable bonds is 6. The number of esters is 1. The first-order valence-corrected chi connectivity index (χ1v) is 9.36. The van der Waals surface area contributed by atoms with Crippen LogP contribution in [0.2, 0.25) is 0 Å². The molecular formula is C23H29NO3. The third-order valence-corrected chi connectivity index (χ3v) is 4.32. The van der Waals surface area contributed by atoms with E-state index in [9.17, 15) is 9.59 Å². The zero-order chi connectivity index (χ0) is 20.0. The zero-order valence-electron chi connectivity index (χ0n) is 16.8. The maximum absolute atomic E-state index is 12.4. The molecular weight excluding hydrogens is 338 g/mol. The highest BCUT2D eigenvalue weighted by molar-refractivity contribution is 6.04. The van der Waals surface area contributed by atoms with Gasteiger partial charge in [0.2, 0.25) is 0 Å². The van der Waals surface area contributed by atoms with Gasteiger partial charge in [0.25, 0.3) is 5.91 Å². The fraction of sp³-hybridized carbons (Fsp3) is 0.391. The van der Waals surface area contributed by atoms with Gasteiger partial charge in [-0.25, -0.2) is 4.79 Å². The molecule has 0 aliphatic rings. The highest BCUT2D eigenvalue weighted by Gasteiger charge is 2.14. The van der Waals surface area contributed by atoms with Crippen LogP contribution in [0.25, 0.3) is 0 Å². The molecule has 0 unspecified atom stereocenters. The second kappa shape index (κ2) is 8.85. The fourth-order valence-electron chi connectivity index (χ4n) is 2.49. The Kier molecular flexibility index (Phi) is 6.78. The summed E-state index contributed by atoms with van der Waals surface area (Å²) in [5.41, 5.74) is 2.94. The molecule has 2 aromatic rings. The molecule has 4 heteroatoms. The summed E-state index contributed by atoms with van der Waals surface area (Å²) in [4.78, 5) is 24.4. The fourth-order valence-corrected chi connectivity index (χ4v) is 2.49. The van der Waals surface area contributed by atoms with E-state index in [4.69, 9.17) is 4.74 Å². The predicted molar refractivity (Wildman–Crippen MR) is 109 cm³/mol. The minimum Gasteiger partial charge on any atom is -0.462 e. The van der Waals surface area contributed by atoms with Gasteiger partial charge in [0.1, 0.15) is 0 Å². The van der Waals surface area contributed by atoms with Crippen molar-refractivity contribution >= 4 is 17.6 Å². The maximum atomic E-state index is 12.4. The van der Waals surface area contributed by atoms with Crippen molar-refractivity contribution < 1.29 is 14.3 Å². The molecule has 4 nitrogen and oxygen atoms in total. The van der Waals surface area contributed by atoms with Crippen LogP contribution in [-0.2, 0) is 10.2 Å². The SMILES string of the molecule is CC(C)CCOC(=O)c1ccc(NC(=O)c2ccc(C(C)(C)C)cc2)cc1. The van der Waals surface area contributed by atoms with Crippen LogP contribution < -0.4 is 5.32 Å². The van der Waals surface area contributed by atoms with E-state index < -0.39 is 0 Å². The maximum Gasteiger partial charge on any atom is 0.338 e. The molecule has 0 saturated carbocycles. The summed E-state index contributed by atoms with van der Waals surface area (Å²) in [5, 5.41) is 2.85. The molecule has 2 aromatic carbocycles. The van der Waals surface area contributed by atoms with Gasteiger partial charge in [-0.2, -0.15) is 0 Å². The normalized spacial score (nSPS) is 11.3. The van der Waals surface area contributed by atoms with Crippen LogP contribution in [0.3, 0.4) is 0 Å². The first-order chi connectivity index (χ1) is 12.7. The van der Waals surface area contributed by atoms with E-state index >= 15 is 0 Å². The summed E-state index contributed by atoms with van der Waals surface area (Å²) in [7, 11) is 0. The van der Waals surface area contributed by atoms with Crippen molar-refractivity contribution in [3.8, 4) is 0 Å². The van der Waals surface area contributed by atoms with E-state index in [-0.39, 0.29) is 17.3 Å². The van der Waals surface area contributed by atoms with E-state index in [1.165, 1.54) is 5.56 Å². The van der Waals surface area contributed by atoms with E-state index in [1.807, 2.05) is 24.3 Å². The van der Waals surface area contributed by atoms with E-state index in [0.717, 1.165) is 6.42 Å². The lowest BCUT2D eigenvalue weighted by molar-refractivity contribution is 0.0488. The van der Waals surface area contributed by atoms with Crippen molar-refractivity contribution in [1.82, 2.24) is 0 Å². The minimum atomic E-state index is -0.341. The van der Waals surface area contributed by atoms with Crippen molar-refractivity contribution in [2.24, 2.45) is 5.92 Å². The molecule has 0 aliphatic carbocycles. The summed E-state index contributed by atoms with van der Waals surface area (Å²) >= 11 is 0. The lowest BCUT2D eigenvalue weighted by atomic mass is 9.87. The second-order valence-corrected chi connectivity index (χ2v) is 8.18. The van der Waals surface area contributed by atoms with E-state index in [1.54, 1.807) is 24.3 Å². The van der Waals surface area contributed by atoms with Crippen LogP contribution in [0.1, 0.15) is 67.3 Å². The van der Waals surface area contributed by atoms with E-state index in [0.29, 0.717) is 29.3 Å². The summed E-state index contributed by atoms with van der Waals surface area (Å²) in [6.07, 6.45) is 0.841. The molecule has 0 atom stereocenters. The van der Waals surface area contributed by atoms with Gasteiger partial charge < -0.3 is 10.1 Å². The third kappa shape index (κ3) is 6.24. The smallest absolute Gasteiger partial charge is 0.338 e. The summed E-state index contributed by atoms with van der Waals surface area (Å²) < 4.78 is 5.24. The number of nitrogens with one attached hydrogen (secondary N) is 1. The second-order valence-electron chi connectivity index (χ2n) is 8.18. The predicted octanol–water partition coefficient (Wildman–Crippen LogP) is 5.44. The topological polar surface area (TPSA) is 55.4 Å². The Morgan fingerprint density at radius 3 is 2.00 bits per heavy atom. The molecule has 0 aliphatic heterocycles. The largest absolute Gasteiger partial charge is 0.462 e. The molecule has 0 bridgehead atoms. The summed E-state index contributed by atoms with van der Waals surface area (Å²) in [5.74, 6) is -0.0260. The Balaban J connectivity index is 1.95. The first-order valence-electron chi connectivity index (χ1n) is 9.36. The highest BCUT2D eigenvalue weighted by Crippen LogP contribution is 2.22. The van der Waals surface area contributed by atoms with Crippen LogP contribution in [0.5, 0.6) is 0 Å². The molecule has 0 fully saturated rings. The van der Waals surface area contributed by atoms with Gasteiger partial charge in [-0.05, 0) is 59.7 Å². The molecule has 144 valence electrons. The van der Waals surface area contributed by atoms with Crippen molar-refractivity contribution in [1.29, 1.82) is 0 Å². The quantitative estimate of drug-likeness (QED) is 0.692. The van der Waals surface area contributed by atoms with Crippen LogP contribution in [0.15, 0.2) is 48.5 Å². The van der Waals surface area contributed by atoms with Gasteiger partial charge in [-0.1, -0.05) is 46.8 Å². The Hall–Kier alpha value is -2.62. The van der Waals surface area contributed by atoms with E-state index in [2.05, 4.69) is 39.9 Å². The molecule has 0 spiro atoms. The molecule has 0 saturated heterocycles. The lowest BCUT2D eigenvalue weighted by Crippen LogP contribution is -2.14. The first kappa shape index (κ1) is 20.7. The van der Waals surface area contributed by atoms with Crippen molar-refractivity contribution in [2.45, 2.75) is 46.5 Å². The molecule has 1 N–H and O–H groups in total. The number of ether oxygens (including phenoxy) is 1. The van der Waals surface area contributed by atoms with Crippen molar-refractivity contribution in [2.75, 3.05) is 11.9 Å². The van der Waals surface area contributed by atoms with Gasteiger partial charge in [0.05, 0.1) is 12.2 Å². The molecule has 27 heavy (non-hydrogen) atoms. The zero-order valence-corrected chi connectivity index (χ0v) is 16.8.